The van der Waals surface area contributed by atoms with Gasteiger partial charge in [-0.25, -0.2) is 28.3 Å². The maximum Gasteiger partial charge on any atom is 0.333 e. The van der Waals surface area contributed by atoms with Crippen molar-refractivity contribution in [2.45, 2.75) is 150 Å². The number of aliphatic hydroxyl groups excluding tert-OH is 1. The third-order valence-corrected chi connectivity index (χ3v) is 16.8. The van der Waals surface area contributed by atoms with Crippen LogP contribution in [0.4, 0.5) is 0 Å². The Morgan fingerprint density at radius 1 is 0.680 bits per heavy atom. The molecule has 1 aliphatic heterocycles. The molecule has 1 fully saturated rings. The van der Waals surface area contributed by atoms with Gasteiger partial charge < -0.3 is 42.4 Å². The molecule has 17 nitrogen and oxygen atoms in total. The normalized spacial score (nSPS) is 14.4. The van der Waals surface area contributed by atoms with E-state index in [9.17, 15) is 33.9 Å². The summed E-state index contributed by atoms with van der Waals surface area (Å²) < 4.78 is 40.5. The molecule has 1 saturated heterocycles. The molecule has 2 atom stereocenters. The summed E-state index contributed by atoms with van der Waals surface area (Å²) in [6.45, 7) is 21.2. The van der Waals surface area contributed by atoms with Crippen molar-refractivity contribution in [3.8, 4) is 11.5 Å². The van der Waals surface area contributed by atoms with E-state index >= 15 is 0 Å². The summed E-state index contributed by atoms with van der Waals surface area (Å²) >= 11 is 9.55. The van der Waals surface area contributed by atoms with Crippen LogP contribution < -0.4 is 32.0 Å². The third-order valence-electron chi connectivity index (χ3n) is 12.4. The monoisotopic (exact) mass is 1210 g/mol. The molecule has 0 radical (unpaired) electrons. The van der Waals surface area contributed by atoms with Crippen LogP contribution in [0.1, 0.15) is 118 Å². The van der Waals surface area contributed by atoms with Gasteiger partial charge in [0.2, 0.25) is 0 Å². The van der Waals surface area contributed by atoms with Crippen molar-refractivity contribution in [3.63, 3.8) is 0 Å². The maximum atomic E-state index is 14.3. The first-order chi connectivity index (χ1) is 34.5. The summed E-state index contributed by atoms with van der Waals surface area (Å²) in [5, 5.41) is 11.7. The van der Waals surface area contributed by atoms with Crippen LogP contribution in [0.5, 0.6) is 11.5 Å². The summed E-state index contributed by atoms with van der Waals surface area (Å²) in [7, 11) is 3.09. The largest absolute Gasteiger partial charge is 1.00 e. The predicted molar refractivity (Wildman–Crippen MR) is 302 cm³/mol. The number of hydrogen-bond donors (Lipinski definition) is 1. The quantitative estimate of drug-likeness (QED) is 0.0800. The molecule has 6 aromatic rings. The average Bonchev–Trinajstić information content (AvgIpc) is 3.80. The highest BCUT2D eigenvalue weighted by molar-refractivity contribution is 9.11. The number of ether oxygens (including phenoxy) is 6. The molecule has 0 aliphatic carbocycles. The zero-order valence-electron chi connectivity index (χ0n) is 46.3. The van der Waals surface area contributed by atoms with E-state index in [1.54, 1.807) is 84.4 Å². The van der Waals surface area contributed by atoms with Crippen LogP contribution in [-0.4, -0.2) is 80.1 Å². The van der Waals surface area contributed by atoms with Crippen LogP contribution in [0, 0.1) is 21.3 Å². The number of esters is 2. The summed E-state index contributed by atoms with van der Waals surface area (Å²) in [5.41, 5.74) is -4.57. The summed E-state index contributed by atoms with van der Waals surface area (Å²) in [6.07, 6.45) is -0.295. The number of aryl methyl sites for hydroxylation is 2. The second-order valence-electron chi connectivity index (χ2n) is 21.0. The lowest BCUT2D eigenvalue weighted by Crippen LogP contribution is -2.54. The van der Waals surface area contributed by atoms with Crippen LogP contribution in [0.2, 0.25) is 0 Å². The Hall–Kier alpha value is -4.90. The van der Waals surface area contributed by atoms with Gasteiger partial charge in [0, 0.05) is 24.3 Å². The first-order valence-electron chi connectivity index (χ1n) is 24.0. The predicted octanol–water partition coefficient (Wildman–Crippen LogP) is 10.00. The Bertz CT molecular complexity index is 3320. The van der Waals surface area contributed by atoms with Crippen molar-refractivity contribution >= 4 is 86.9 Å². The molecule has 0 saturated carbocycles. The number of benzene rings is 2. The molecule has 5 heterocycles. The molecule has 21 heteroatoms. The van der Waals surface area contributed by atoms with Gasteiger partial charge in [0.15, 0.2) is 0 Å². The van der Waals surface area contributed by atoms with Gasteiger partial charge in [-0.1, -0.05) is 36.4 Å². The van der Waals surface area contributed by atoms with E-state index in [0.717, 1.165) is 31.3 Å². The zero-order valence-corrected chi connectivity index (χ0v) is 50.1. The van der Waals surface area contributed by atoms with E-state index in [4.69, 9.17) is 28.4 Å². The number of hydrogen-bond acceptors (Lipinski definition) is 15. The highest BCUT2D eigenvalue weighted by Crippen LogP contribution is 2.38. The first-order valence-corrected chi connectivity index (χ1v) is 27.2. The fourth-order valence-corrected chi connectivity index (χ4v) is 11.9. The Labute approximate surface area is 463 Å². The molecule has 0 spiro atoms. The van der Waals surface area contributed by atoms with Gasteiger partial charge in [0.1, 0.15) is 55.6 Å². The van der Waals surface area contributed by atoms with Crippen molar-refractivity contribution in [1.82, 2.24) is 18.3 Å². The Kier molecular flexibility index (Phi) is 19.3. The van der Waals surface area contributed by atoms with Crippen molar-refractivity contribution < 1.29 is 44.5 Å². The van der Waals surface area contributed by atoms with Crippen LogP contribution in [0.15, 0.2) is 75.3 Å². The number of carbonyl (C=O) groups is 2. The fraction of sp³-hybridized carbons (Fsp3) is 0.500. The minimum absolute atomic E-state index is 0. The Morgan fingerprint density at radius 2 is 1.07 bits per heavy atom. The minimum Gasteiger partial charge on any atom is -1.00 e. The van der Waals surface area contributed by atoms with Crippen LogP contribution in [0.25, 0.3) is 20.4 Å². The van der Waals surface area contributed by atoms with Crippen molar-refractivity contribution in [3.05, 3.63) is 127 Å². The van der Waals surface area contributed by atoms with Gasteiger partial charge in [0.25, 0.3) is 11.1 Å². The summed E-state index contributed by atoms with van der Waals surface area (Å²) in [5.74, 6) is -0.265. The van der Waals surface area contributed by atoms with Gasteiger partial charge >= 0.3 is 23.3 Å². The van der Waals surface area contributed by atoms with Crippen LogP contribution in [0.3, 0.4) is 0 Å². The van der Waals surface area contributed by atoms with E-state index in [2.05, 4.69) is 31.9 Å². The van der Waals surface area contributed by atoms with Gasteiger partial charge in [-0.3, -0.25) is 18.7 Å². The number of para-hydroxylation sites is 2. The lowest BCUT2D eigenvalue weighted by Gasteiger charge is -2.31. The number of thiophene rings is 2. The molecule has 0 unspecified atom stereocenters. The smallest absolute Gasteiger partial charge is 0.333 e. The molecule has 2 aromatic carbocycles. The molecule has 75 heavy (non-hydrogen) atoms. The lowest BCUT2D eigenvalue weighted by atomic mass is 10.0. The lowest BCUT2D eigenvalue weighted by molar-refractivity contribution is -0.165. The van der Waals surface area contributed by atoms with Crippen LogP contribution in [-0.2, 0) is 52.7 Å². The number of halogens is 2. The second-order valence-corrected chi connectivity index (χ2v) is 25.6. The molecule has 412 valence electrons. The molecule has 1 aliphatic rings. The second kappa shape index (κ2) is 23.8. The third kappa shape index (κ3) is 12.9. The summed E-state index contributed by atoms with van der Waals surface area (Å²) in [6, 6.07) is 14.5. The molecule has 0 amide bonds. The van der Waals surface area contributed by atoms with Gasteiger partial charge in [-0.15, -0.1) is 22.7 Å². The van der Waals surface area contributed by atoms with E-state index in [-0.39, 0.29) is 28.0 Å². The van der Waals surface area contributed by atoms with Gasteiger partial charge in [0.05, 0.1) is 51.8 Å². The van der Waals surface area contributed by atoms with Crippen LogP contribution >= 0.6 is 54.5 Å². The van der Waals surface area contributed by atoms with E-state index in [0.29, 0.717) is 65.6 Å². The zero-order chi connectivity index (χ0) is 55.0. The fourth-order valence-electron chi connectivity index (χ4n) is 8.51. The highest BCUT2D eigenvalue weighted by Gasteiger charge is 2.41. The number of nitrogens with zero attached hydrogens (tertiary/aromatic N) is 4. The number of carbonyl (C=O) groups excluding carboxylic acids is 2. The molecular formula is C54H70Br2N4O13S2-2. The average molecular weight is 1210 g/mol. The Morgan fingerprint density at radius 3 is 1.48 bits per heavy atom. The van der Waals surface area contributed by atoms with Crippen molar-refractivity contribution in [2.75, 3.05) is 27.4 Å². The molecule has 4 aromatic heterocycles. The molecule has 1 N–H and O–H groups in total. The number of aliphatic hydroxyl groups is 1. The van der Waals surface area contributed by atoms with Gasteiger partial charge in [-0.2, -0.15) is 0 Å². The van der Waals surface area contributed by atoms with E-state index in [1.165, 1.54) is 62.0 Å². The maximum absolute atomic E-state index is 14.3. The van der Waals surface area contributed by atoms with E-state index in [1.807, 2.05) is 31.2 Å². The van der Waals surface area contributed by atoms with E-state index < -0.39 is 68.9 Å². The molecule has 0 bridgehead atoms. The van der Waals surface area contributed by atoms with Crippen molar-refractivity contribution in [1.29, 1.82) is 0 Å². The molecular weight excluding hydrogens is 1140 g/mol. The standard InChI is InChI=1S/C29H37BrN2O7S.C24H29BrN2O6S.CH3.H/c1-17-22-24(33)32(29(5,6)26(34)39-28(2,3)4)27(35)31(25(22)40-23(17)30)16-21(38-18-12-14-37-15-13-18)19-10-8-9-11-20(19)36-7;1-13-17-19(29)27(24(5,6)21(30)33-23(2,3)4)22(31)26(20(17)34-18(13)25)12-15(28)14-10-8-9-11-16(14)32-7;;/h8-11,18,21H,12-16H2,1-7H3;8-11,15,28H,12H2,1-7H3;1H3;/q;;2*-1/t21-;15-;;/m00../s1/i;;;1+1. The highest BCUT2D eigenvalue weighted by atomic mass is 79.9. The number of fused-ring (bicyclic) bond motifs is 2. The minimum atomic E-state index is -1.59. The van der Waals surface area contributed by atoms with Crippen molar-refractivity contribution in [2.24, 2.45) is 0 Å². The number of rotatable bonds is 14. The number of methoxy groups -OCH3 is 2. The number of aromatic nitrogens is 4. The SMILES string of the molecule is COc1ccccc1[C@@H](O)Cn1c(=O)n(C(C)(C)C(=O)OC(C)(C)C)c(=O)c2c(C)c(Br)sc21.COc1ccccc1[C@H](Cn1c(=O)n(C(C)(C)C(=O)OC(C)(C)C)c(=O)c2c(C)c(Br)sc21)OC1CCOCC1.[2H-].[CH3-]. The Balaban J connectivity index is 0.000000324. The summed E-state index contributed by atoms with van der Waals surface area (Å²) in [4.78, 5) is 82.7. The first kappa shape index (κ1) is 61.0. The molecule has 7 rings (SSSR count). The van der Waals surface area contributed by atoms with Gasteiger partial charge in [-0.05, 0) is 151 Å². The topological polar surface area (TPSA) is 198 Å².